The summed E-state index contributed by atoms with van der Waals surface area (Å²) >= 11 is 0. The Morgan fingerprint density at radius 3 is 2.95 bits per heavy atom. The number of nitrogens with zero attached hydrogens (tertiary/aromatic N) is 4. The smallest absolute Gasteiger partial charge is 0.250 e. The fraction of sp³-hybridized carbons (Fsp3) is 0.462. The number of rotatable bonds is 6. The monoisotopic (exact) mass is 261 g/mol. The lowest BCUT2D eigenvalue weighted by atomic mass is 10.1. The molecule has 2 heterocycles. The van der Waals surface area contributed by atoms with Crippen molar-refractivity contribution in [3.63, 3.8) is 0 Å². The van der Waals surface area contributed by atoms with E-state index in [2.05, 4.69) is 17.2 Å². The lowest BCUT2D eigenvalue weighted by Crippen LogP contribution is -2.20. The van der Waals surface area contributed by atoms with Gasteiger partial charge >= 0.3 is 0 Å². The van der Waals surface area contributed by atoms with E-state index >= 15 is 0 Å². The Bertz CT molecular complexity index is 574. The van der Waals surface area contributed by atoms with E-state index in [9.17, 15) is 4.79 Å². The molecule has 2 rings (SSSR count). The van der Waals surface area contributed by atoms with Crippen molar-refractivity contribution in [1.82, 2.24) is 19.6 Å². The third-order valence-corrected chi connectivity index (χ3v) is 3.00. The zero-order valence-electron chi connectivity index (χ0n) is 11.1. The maximum absolute atomic E-state index is 11.5. The minimum atomic E-state index is -0.0572. The Morgan fingerprint density at radius 2 is 2.21 bits per heavy atom. The summed E-state index contributed by atoms with van der Waals surface area (Å²) in [7, 11) is 0. The first-order valence-corrected chi connectivity index (χ1v) is 6.51. The highest BCUT2D eigenvalue weighted by atomic mass is 16.1. The van der Waals surface area contributed by atoms with Crippen LogP contribution in [0.3, 0.4) is 0 Å². The molecule has 0 saturated carbocycles. The summed E-state index contributed by atoms with van der Waals surface area (Å²) in [5.74, 6) is 0. The van der Waals surface area contributed by atoms with Gasteiger partial charge in [-0.1, -0.05) is 24.6 Å². The van der Waals surface area contributed by atoms with E-state index < -0.39 is 0 Å². The molecule has 0 bridgehead atoms. The Hall–Kier alpha value is -1.95. The second-order valence-corrected chi connectivity index (χ2v) is 4.53. The Morgan fingerprint density at radius 1 is 1.37 bits per heavy atom. The lowest BCUT2D eigenvalue weighted by molar-refractivity contribution is 0.511. The minimum absolute atomic E-state index is 0.00877. The van der Waals surface area contributed by atoms with Gasteiger partial charge in [0.25, 0.3) is 5.56 Å². The van der Waals surface area contributed by atoms with E-state index in [4.69, 9.17) is 5.73 Å². The van der Waals surface area contributed by atoms with Gasteiger partial charge in [-0.15, -0.1) is 5.10 Å². The standard InChI is InChI=1S/C13H19N5O/c1-2-5-11(14)12-10-18(16-15-12)9-8-17-7-4-3-6-13(17)19/h3-4,6-7,10-11H,2,5,8-9,14H2,1H3. The molecule has 2 aromatic heterocycles. The maximum atomic E-state index is 11.5. The van der Waals surface area contributed by atoms with Crippen molar-refractivity contribution < 1.29 is 0 Å². The quantitative estimate of drug-likeness (QED) is 0.839. The van der Waals surface area contributed by atoms with Gasteiger partial charge in [-0.25, -0.2) is 0 Å². The van der Waals surface area contributed by atoms with Gasteiger partial charge in [0.1, 0.15) is 0 Å². The summed E-state index contributed by atoms with van der Waals surface area (Å²) in [5.41, 5.74) is 6.78. The summed E-state index contributed by atoms with van der Waals surface area (Å²) in [6.45, 7) is 3.27. The van der Waals surface area contributed by atoms with Crippen molar-refractivity contribution in [1.29, 1.82) is 0 Å². The van der Waals surface area contributed by atoms with Gasteiger partial charge in [-0.3, -0.25) is 9.48 Å². The van der Waals surface area contributed by atoms with Crippen molar-refractivity contribution in [3.05, 3.63) is 46.6 Å². The number of pyridine rings is 1. The molecule has 0 aliphatic rings. The van der Waals surface area contributed by atoms with E-state index in [0.717, 1.165) is 18.5 Å². The van der Waals surface area contributed by atoms with Crippen LogP contribution in [0.4, 0.5) is 0 Å². The minimum Gasteiger partial charge on any atom is -0.323 e. The van der Waals surface area contributed by atoms with Crippen molar-refractivity contribution >= 4 is 0 Å². The number of aryl methyl sites for hydroxylation is 2. The van der Waals surface area contributed by atoms with E-state index in [1.54, 1.807) is 27.6 Å². The van der Waals surface area contributed by atoms with Gasteiger partial charge in [0.15, 0.2) is 0 Å². The molecule has 6 nitrogen and oxygen atoms in total. The third-order valence-electron chi connectivity index (χ3n) is 3.00. The Balaban J connectivity index is 1.97. The predicted molar refractivity (Wildman–Crippen MR) is 72.6 cm³/mol. The fourth-order valence-corrected chi connectivity index (χ4v) is 1.91. The van der Waals surface area contributed by atoms with E-state index in [1.807, 2.05) is 12.3 Å². The van der Waals surface area contributed by atoms with Gasteiger partial charge in [-0.05, 0) is 12.5 Å². The van der Waals surface area contributed by atoms with Gasteiger partial charge < -0.3 is 10.3 Å². The van der Waals surface area contributed by atoms with Crippen LogP contribution in [0.25, 0.3) is 0 Å². The molecule has 0 aromatic carbocycles. The van der Waals surface area contributed by atoms with Gasteiger partial charge in [0.05, 0.1) is 24.5 Å². The summed E-state index contributed by atoms with van der Waals surface area (Å²) in [5, 5.41) is 8.11. The highest BCUT2D eigenvalue weighted by Gasteiger charge is 2.09. The highest BCUT2D eigenvalue weighted by Crippen LogP contribution is 2.11. The molecule has 0 aliphatic carbocycles. The van der Waals surface area contributed by atoms with Crippen LogP contribution in [0.1, 0.15) is 31.5 Å². The highest BCUT2D eigenvalue weighted by molar-refractivity contribution is 4.99. The van der Waals surface area contributed by atoms with E-state index in [-0.39, 0.29) is 11.6 Å². The van der Waals surface area contributed by atoms with E-state index in [0.29, 0.717) is 13.1 Å². The average Bonchev–Trinajstić information content (AvgIpc) is 2.87. The third kappa shape index (κ3) is 3.51. The molecule has 0 fully saturated rings. The van der Waals surface area contributed by atoms with Crippen molar-refractivity contribution in [3.8, 4) is 0 Å². The van der Waals surface area contributed by atoms with E-state index in [1.165, 1.54) is 0 Å². The molecule has 19 heavy (non-hydrogen) atoms. The van der Waals surface area contributed by atoms with Crippen LogP contribution in [0.2, 0.25) is 0 Å². The molecule has 1 atom stereocenters. The molecule has 0 spiro atoms. The predicted octanol–water partition coefficient (Wildman–Crippen LogP) is 0.940. The molecule has 0 saturated heterocycles. The number of hydrogen-bond donors (Lipinski definition) is 1. The second-order valence-electron chi connectivity index (χ2n) is 4.53. The number of nitrogens with two attached hydrogens (primary N) is 1. The molecule has 0 aliphatic heterocycles. The van der Waals surface area contributed by atoms with Gasteiger partial charge in [0, 0.05) is 18.8 Å². The molecule has 1 unspecified atom stereocenters. The molecule has 0 radical (unpaired) electrons. The zero-order valence-corrected chi connectivity index (χ0v) is 11.1. The first-order chi connectivity index (χ1) is 9.20. The van der Waals surface area contributed by atoms with Gasteiger partial charge in [0.2, 0.25) is 0 Å². The average molecular weight is 261 g/mol. The zero-order chi connectivity index (χ0) is 13.7. The Labute approximate surface area is 111 Å². The van der Waals surface area contributed by atoms with Crippen LogP contribution in [-0.2, 0) is 13.1 Å². The lowest BCUT2D eigenvalue weighted by Gasteiger charge is -2.05. The Kier molecular flexibility index (Phi) is 4.46. The molecule has 6 heteroatoms. The molecular formula is C13H19N5O. The van der Waals surface area contributed by atoms with Crippen molar-refractivity contribution in [2.45, 2.75) is 38.9 Å². The summed E-state index contributed by atoms with van der Waals surface area (Å²) in [6, 6.07) is 5.06. The molecule has 0 amide bonds. The first kappa shape index (κ1) is 13.5. The van der Waals surface area contributed by atoms with Crippen LogP contribution in [0.5, 0.6) is 0 Å². The number of hydrogen-bond acceptors (Lipinski definition) is 4. The van der Waals surface area contributed by atoms with Crippen molar-refractivity contribution in [2.24, 2.45) is 5.73 Å². The normalized spacial score (nSPS) is 12.5. The summed E-state index contributed by atoms with van der Waals surface area (Å²) in [4.78, 5) is 11.5. The molecule has 2 N–H and O–H groups in total. The van der Waals surface area contributed by atoms with Gasteiger partial charge in [-0.2, -0.15) is 0 Å². The first-order valence-electron chi connectivity index (χ1n) is 6.51. The molecular weight excluding hydrogens is 242 g/mol. The molecule has 2 aromatic rings. The fourth-order valence-electron chi connectivity index (χ4n) is 1.91. The van der Waals surface area contributed by atoms with Crippen LogP contribution in [0.15, 0.2) is 35.4 Å². The SMILES string of the molecule is CCCC(N)c1cn(CCn2ccccc2=O)nn1. The topological polar surface area (TPSA) is 78.7 Å². The summed E-state index contributed by atoms with van der Waals surface area (Å²) in [6.07, 6.45) is 5.54. The van der Waals surface area contributed by atoms with Crippen LogP contribution in [0, 0.1) is 0 Å². The molecule has 102 valence electrons. The van der Waals surface area contributed by atoms with Crippen LogP contribution in [-0.4, -0.2) is 19.6 Å². The largest absolute Gasteiger partial charge is 0.323 e. The van der Waals surface area contributed by atoms with Crippen LogP contribution < -0.4 is 11.3 Å². The maximum Gasteiger partial charge on any atom is 0.250 e. The summed E-state index contributed by atoms with van der Waals surface area (Å²) < 4.78 is 3.37. The number of aromatic nitrogens is 4. The second kappa shape index (κ2) is 6.29. The van der Waals surface area contributed by atoms with Crippen LogP contribution >= 0.6 is 0 Å². The van der Waals surface area contributed by atoms with Crippen molar-refractivity contribution in [2.75, 3.05) is 0 Å².